The molecule has 2 aromatic carbocycles. The summed E-state index contributed by atoms with van der Waals surface area (Å²) in [5.74, 6) is -0.289. The van der Waals surface area contributed by atoms with Gasteiger partial charge in [-0.1, -0.05) is 47.5 Å². The van der Waals surface area contributed by atoms with Crippen molar-refractivity contribution < 1.29 is 9.59 Å². The van der Waals surface area contributed by atoms with E-state index >= 15 is 0 Å². The minimum Gasteiger partial charge on any atom is -0.341 e. The van der Waals surface area contributed by atoms with Crippen LogP contribution in [0.3, 0.4) is 0 Å². The zero-order valence-corrected chi connectivity index (χ0v) is 15.5. The molecule has 6 heteroatoms. The standard InChI is InChI=1S/C18H17Cl2NO2S/c1-11-4-2-3-5-12(11)8-17(22)16(10-24)21-18(23)13-6-14(19)9-15(20)7-13/h2-7,9,16,24H,8,10H2,1H3,(H,21,23)/t16-/m1/s1. The Morgan fingerprint density at radius 2 is 1.75 bits per heavy atom. The molecule has 0 saturated carbocycles. The Bertz CT molecular complexity index is 744. The highest BCUT2D eigenvalue weighted by Crippen LogP contribution is 2.19. The van der Waals surface area contributed by atoms with Crippen LogP contribution in [0.25, 0.3) is 0 Å². The number of carbonyl (C=O) groups is 2. The Balaban J connectivity index is 2.09. The van der Waals surface area contributed by atoms with E-state index in [4.69, 9.17) is 23.2 Å². The first-order valence-electron chi connectivity index (χ1n) is 7.35. The monoisotopic (exact) mass is 381 g/mol. The molecule has 3 nitrogen and oxygen atoms in total. The van der Waals surface area contributed by atoms with E-state index in [2.05, 4.69) is 17.9 Å². The smallest absolute Gasteiger partial charge is 0.251 e. The number of hydrogen-bond acceptors (Lipinski definition) is 3. The van der Waals surface area contributed by atoms with Crippen LogP contribution in [-0.2, 0) is 11.2 Å². The van der Waals surface area contributed by atoms with Gasteiger partial charge in [-0.2, -0.15) is 12.6 Å². The maximum absolute atomic E-state index is 12.5. The first-order chi connectivity index (χ1) is 11.4. The van der Waals surface area contributed by atoms with Gasteiger partial charge in [-0.15, -0.1) is 0 Å². The number of Topliss-reactive ketones (excluding diaryl/α,β-unsaturated/α-hetero) is 1. The van der Waals surface area contributed by atoms with E-state index in [1.54, 1.807) is 6.07 Å². The molecule has 0 aliphatic heterocycles. The van der Waals surface area contributed by atoms with Gasteiger partial charge in [-0.3, -0.25) is 9.59 Å². The van der Waals surface area contributed by atoms with Crippen LogP contribution in [0.2, 0.25) is 10.0 Å². The second-order valence-corrected chi connectivity index (χ2v) is 6.67. The number of ketones is 1. The summed E-state index contributed by atoms with van der Waals surface area (Å²) in [6, 6.07) is 11.5. The van der Waals surface area contributed by atoms with Crippen LogP contribution in [0.15, 0.2) is 42.5 Å². The Morgan fingerprint density at radius 3 is 2.33 bits per heavy atom. The van der Waals surface area contributed by atoms with Crippen LogP contribution >= 0.6 is 35.8 Å². The number of halogens is 2. The predicted octanol–water partition coefficient (Wildman–Crippen LogP) is 4.14. The van der Waals surface area contributed by atoms with E-state index < -0.39 is 11.9 Å². The van der Waals surface area contributed by atoms with E-state index in [0.717, 1.165) is 11.1 Å². The Labute approximate surface area is 156 Å². The van der Waals surface area contributed by atoms with Crippen molar-refractivity contribution in [3.63, 3.8) is 0 Å². The molecule has 0 spiro atoms. The zero-order valence-electron chi connectivity index (χ0n) is 13.1. The summed E-state index contributed by atoms with van der Waals surface area (Å²) in [5.41, 5.74) is 2.29. The third-order valence-corrected chi connectivity index (χ3v) is 4.43. The van der Waals surface area contributed by atoms with Gasteiger partial charge in [0.25, 0.3) is 5.91 Å². The molecule has 0 aliphatic rings. The lowest BCUT2D eigenvalue weighted by atomic mass is 10.0. The van der Waals surface area contributed by atoms with E-state index in [-0.39, 0.29) is 18.0 Å². The molecule has 0 radical (unpaired) electrons. The van der Waals surface area contributed by atoms with Crippen molar-refractivity contribution >= 4 is 47.5 Å². The molecule has 0 bridgehead atoms. The van der Waals surface area contributed by atoms with Crippen LogP contribution in [-0.4, -0.2) is 23.5 Å². The van der Waals surface area contributed by atoms with Crippen molar-refractivity contribution in [2.75, 3.05) is 5.75 Å². The minimum atomic E-state index is -0.682. The van der Waals surface area contributed by atoms with Gasteiger partial charge in [0, 0.05) is 27.8 Å². The molecule has 1 amide bonds. The fourth-order valence-corrected chi connectivity index (χ4v) is 3.09. The number of hydrogen-bond donors (Lipinski definition) is 2. The van der Waals surface area contributed by atoms with Gasteiger partial charge in [0.05, 0.1) is 6.04 Å². The summed E-state index contributed by atoms with van der Waals surface area (Å²) in [6.45, 7) is 1.95. The summed E-state index contributed by atoms with van der Waals surface area (Å²) in [6.07, 6.45) is 0.245. The molecule has 2 rings (SSSR count). The number of nitrogens with one attached hydrogen (secondary N) is 1. The molecule has 0 unspecified atom stereocenters. The highest BCUT2D eigenvalue weighted by molar-refractivity contribution is 7.80. The summed E-state index contributed by atoms with van der Waals surface area (Å²) < 4.78 is 0. The third kappa shape index (κ3) is 5.00. The van der Waals surface area contributed by atoms with Crippen LogP contribution < -0.4 is 5.32 Å². The number of amides is 1. The molecule has 0 aromatic heterocycles. The fraction of sp³-hybridized carbons (Fsp3) is 0.222. The first-order valence-corrected chi connectivity index (χ1v) is 8.74. The van der Waals surface area contributed by atoms with Crippen LogP contribution in [0.1, 0.15) is 21.5 Å². The highest BCUT2D eigenvalue weighted by Gasteiger charge is 2.21. The average Bonchev–Trinajstić information content (AvgIpc) is 2.53. The lowest BCUT2D eigenvalue weighted by Gasteiger charge is -2.16. The molecule has 126 valence electrons. The second-order valence-electron chi connectivity index (χ2n) is 5.44. The van der Waals surface area contributed by atoms with Gasteiger partial charge in [0.2, 0.25) is 0 Å². The fourth-order valence-electron chi connectivity index (χ4n) is 2.27. The van der Waals surface area contributed by atoms with E-state index in [0.29, 0.717) is 15.6 Å². The summed E-state index contributed by atoms with van der Waals surface area (Å²) in [7, 11) is 0. The largest absolute Gasteiger partial charge is 0.341 e. The van der Waals surface area contributed by atoms with Gasteiger partial charge in [-0.25, -0.2) is 0 Å². The average molecular weight is 382 g/mol. The van der Waals surface area contributed by atoms with Crippen LogP contribution in [0.5, 0.6) is 0 Å². The maximum atomic E-state index is 12.5. The number of carbonyl (C=O) groups excluding carboxylic acids is 2. The second kappa shape index (κ2) is 8.56. The van der Waals surface area contributed by atoms with E-state index in [1.165, 1.54) is 12.1 Å². The predicted molar refractivity (Wildman–Crippen MR) is 101 cm³/mol. The van der Waals surface area contributed by atoms with Gasteiger partial charge in [0.1, 0.15) is 0 Å². The van der Waals surface area contributed by atoms with Crippen molar-refractivity contribution in [3.05, 3.63) is 69.2 Å². The molecule has 0 saturated heterocycles. The van der Waals surface area contributed by atoms with Crippen LogP contribution in [0.4, 0.5) is 0 Å². The number of thiol groups is 1. The molecule has 1 N–H and O–H groups in total. The Morgan fingerprint density at radius 1 is 1.12 bits per heavy atom. The van der Waals surface area contributed by atoms with Crippen molar-refractivity contribution in [1.29, 1.82) is 0 Å². The van der Waals surface area contributed by atoms with Crippen LogP contribution in [0, 0.1) is 6.92 Å². The molecule has 0 fully saturated rings. The highest BCUT2D eigenvalue weighted by atomic mass is 35.5. The van der Waals surface area contributed by atoms with E-state index in [1.807, 2.05) is 31.2 Å². The number of rotatable bonds is 6. The summed E-state index contributed by atoms with van der Waals surface area (Å²) in [5, 5.41) is 3.42. The summed E-state index contributed by atoms with van der Waals surface area (Å²) >= 11 is 16.0. The Kier molecular flexibility index (Phi) is 6.72. The zero-order chi connectivity index (χ0) is 17.7. The maximum Gasteiger partial charge on any atom is 0.251 e. The molecule has 0 aliphatic carbocycles. The van der Waals surface area contributed by atoms with Crippen molar-refractivity contribution in [2.45, 2.75) is 19.4 Å². The third-order valence-electron chi connectivity index (χ3n) is 3.63. The topological polar surface area (TPSA) is 46.2 Å². The Hall–Kier alpha value is -1.49. The molecule has 1 atom stereocenters. The molecular weight excluding hydrogens is 365 g/mol. The number of benzene rings is 2. The van der Waals surface area contributed by atoms with Gasteiger partial charge in [-0.05, 0) is 36.2 Å². The summed E-state index contributed by atoms with van der Waals surface area (Å²) in [4.78, 5) is 24.8. The lowest BCUT2D eigenvalue weighted by Crippen LogP contribution is -2.43. The molecule has 24 heavy (non-hydrogen) atoms. The first kappa shape index (κ1) is 18.8. The molecular formula is C18H17Cl2NO2S. The molecule has 2 aromatic rings. The normalized spacial score (nSPS) is 11.8. The van der Waals surface area contributed by atoms with Crippen molar-refractivity contribution in [2.24, 2.45) is 0 Å². The van der Waals surface area contributed by atoms with Crippen molar-refractivity contribution in [1.82, 2.24) is 5.32 Å². The lowest BCUT2D eigenvalue weighted by molar-refractivity contribution is -0.119. The quantitative estimate of drug-likeness (QED) is 0.738. The van der Waals surface area contributed by atoms with Gasteiger partial charge < -0.3 is 5.32 Å². The SMILES string of the molecule is Cc1ccccc1CC(=O)[C@@H](CS)NC(=O)c1cc(Cl)cc(Cl)c1. The molecule has 0 heterocycles. The van der Waals surface area contributed by atoms with Crippen molar-refractivity contribution in [3.8, 4) is 0 Å². The van der Waals surface area contributed by atoms with Gasteiger partial charge >= 0.3 is 0 Å². The van der Waals surface area contributed by atoms with E-state index in [9.17, 15) is 9.59 Å². The van der Waals surface area contributed by atoms with Gasteiger partial charge in [0.15, 0.2) is 5.78 Å². The minimum absolute atomic E-state index is 0.0965. The number of aryl methyl sites for hydroxylation is 1.